The molecule has 0 bridgehead atoms. The number of ether oxygens (including phenoxy) is 1. The normalized spacial score (nSPS) is 24.7. The maximum Gasteiger partial charge on any atom is 0.316 e. The van der Waals surface area contributed by atoms with E-state index in [0.29, 0.717) is 12.0 Å². The summed E-state index contributed by atoms with van der Waals surface area (Å²) in [5, 5.41) is 8.94. The first-order valence-electron chi connectivity index (χ1n) is 8.61. The van der Waals surface area contributed by atoms with Gasteiger partial charge >= 0.3 is 5.97 Å². The van der Waals surface area contributed by atoms with Crippen LogP contribution in [-0.2, 0) is 14.3 Å². The first kappa shape index (κ1) is 16.8. The molecule has 1 aliphatic carbocycles. The molecule has 0 spiro atoms. The highest BCUT2D eigenvalue weighted by molar-refractivity contribution is 7.10. The molecule has 134 valence electrons. The van der Waals surface area contributed by atoms with E-state index in [0.717, 1.165) is 21.9 Å². The first-order chi connectivity index (χ1) is 12.6. The number of anilines is 2. The van der Waals surface area contributed by atoms with Gasteiger partial charge in [0, 0.05) is 16.1 Å². The maximum atomic E-state index is 13.3. The second-order valence-corrected chi connectivity index (χ2v) is 7.68. The van der Waals surface area contributed by atoms with Crippen LogP contribution in [0.15, 0.2) is 53.0 Å². The third-order valence-corrected chi connectivity index (χ3v) is 5.99. The van der Waals surface area contributed by atoms with E-state index in [9.17, 15) is 9.59 Å². The molecule has 2 heterocycles. The topological polar surface area (TPSA) is 67.4 Å². The van der Waals surface area contributed by atoms with Crippen LogP contribution >= 0.6 is 11.3 Å². The van der Waals surface area contributed by atoms with E-state index in [-0.39, 0.29) is 17.7 Å². The molecule has 1 aromatic heterocycles. The minimum Gasteiger partial charge on any atom is -0.468 e. The van der Waals surface area contributed by atoms with Gasteiger partial charge in [0.1, 0.15) is 5.92 Å². The Morgan fingerprint density at radius 1 is 1.19 bits per heavy atom. The van der Waals surface area contributed by atoms with Crippen molar-refractivity contribution in [1.29, 1.82) is 0 Å². The third-order valence-electron chi connectivity index (χ3n) is 5.05. The number of rotatable bonds is 2. The van der Waals surface area contributed by atoms with Crippen molar-refractivity contribution in [2.45, 2.75) is 19.4 Å². The number of benzene rings is 1. The zero-order chi connectivity index (χ0) is 18.3. The van der Waals surface area contributed by atoms with Gasteiger partial charge in [0.05, 0.1) is 24.5 Å². The van der Waals surface area contributed by atoms with Crippen LogP contribution in [0.3, 0.4) is 0 Å². The van der Waals surface area contributed by atoms with Crippen molar-refractivity contribution >= 4 is 34.5 Å². The van der Waals surface area contributed by atoms with Crippen molar-refractivity contribution in [3.05, 3.63) is 57.9 Å². The summed E-state index contributed by atoms with van der Waals surface area (Å²) in [4.78, 5) is 26.6. The van der Waals surface area contributed by atoms with E-state index < -0.39 is 11.9 Å². The predicted molar refractivity (Wildman–Crippen MR) is 102 cm³/mol. The second-order valence-electron chi connectivity index (χ2n) is 6.70. The van der Waals surface area contributed by atoms with Gasteiger partial charge in [-0.2, -0.15) is 0 Å². The van der Waals surface area contributed by atoms with Crippen LogP contribution in [0.5, 0.6) is 0 Å². The van der Waals surface area contributed by atoms with Gasteiger partial charge in [-0.25, -0.2) is 0 Å². The van der Waals surface area contributed by atoms with Crippen LogP contribution in [0.25, 0.3) is 0 Å². The minimum atomic E-state index is -0.758. The fourth-order valence-electron chi connectivity index (χ4n) is 3.80. The van der Waals surface area contributed by atoms with Crippen LogP contribution in [0, 0.1) is 11.8 Å². The van der Waals surface area contributed by atoms with E-state index in [4.69, 9.17) is 4.74 Å². The van der Waals surface area contributed by atoms with Crippen molar-refractivity contribution < 1.29 is 14.3 Å². The summed E-state index contributed by atoms with van der Waals surface area (Å²) in [5.74, 6) is -1.49. The summed E-state index contributed by atoms with van der Waals surface area (Å²) in [6.45, 7) is 1.93. The number of nitrogens with one attached hydrogen (secondary N) is 2. The molecule has 6 heteroatoms. The number of fused-ring (bicyclic) bond motifs is 1. The van der Waals surface area contributed by atoms with Crippen LogP contribution in [0.1, 0.15) is 24.3 Å². The average Bonchev–Trinajstić information content (AvgIpc) is 3.10. The Bertz CT molecular complexity index is 888. The highest BCUT2D eigenvalue weighted by atomic mass is 32.1. The molecule has 1 aromatic carbocycles. The lowest BCUT2D eigenvalue weighted by Crippen LogP contribution is -2.39. The molecule has 0 radical (unpaired) electrons. The van der Waals surface area contributed by atoms with Crippen LogP contribution in [-0.4, -0.2) is 18.9 Å². The number of thiophene rings is 1. The van der Waals surface area contributed by atoms with E-state index in [1.54, 1.807) is 11.3 Å². The van der Waals surface area contributed by atoms with Gasteiger partial charge in [0.15, 0.2) is 5.78 Å². The number of carbonyl (C=O) groups excluding carboxylic acids is 2. The molecular weight excluding hydrogens is 348 g/mol. The molecule has 26 heavy (non-hydrogen) atoms. The largest absolute Gasteiger partial charge is 0.468 e. The Labute approximate surface area is 156 Å². The van der Waals surface area contributed by atoms with Gasteiger partial charge in [0.2, 0.25) is 0 Å². The molecule has 5 nitrogen and oxygen atoms in total. The van der Waals surface area contributed by atoms with Crippen molar-refractivity contribution in [2.24, 2.45) is 11.8 Å². The van der Waals surface area contributed by atoms with Crippen LogP contribution in [0.4, 0.5) is 11.4 Å². The molecule has 0 fully saturated rings. The molecule has 3 atom stereocenters. The zero-order valence-electron chi connectivity index (χ0n) is 14.6. The summed E-state index contributed by atoms with van der Waals surface area (Å²) >= 11 is 1.59. The summed E-state index contributed by atoms with van der Waals surface area (Å²) in [7, 11) is 1.34. The second kappa shape index (κ2) is 6.61. The van der Waals surface area contributed by atoms with Gasteiger partial charge in [-0.3, -0.25) is 9.59 Å². The van der Waals surface area contributed by atoms with E-state index in [2.05, 4.69) is 10.6 Å². The molecule has 0 saturated carbocycles. The third kappa shape index (κ3) is 2.70. The number of esters is 1. The lowest BCUT2D eigenvalue weighted by molar-refractivity contribution is -0.151. The zero-order valence-corrected chi connectivity index (χ0v) is 15.4. The number of Topliss-reactive ketones (excluding diaryl/α,β-unsaturated/α-hetero) is 1. The van der Waals surface area contributed by atoms with Gasteiger partial charge in [0.25, 0.3) is 0 Å². The molecule has 4 rings (SSSR count). The van der Waals surface area contributed by atoms with E-state index in [1.165, 1.54) is 7.11 Å². The Kier molecular flexibility index (Phi) is 4.28. The molecule has 0 saturated heterocycles. The fourth-order valence-corrected chi connectivity index (χ4v) is 4.59. The molecule has 2 aromatic rings. The number of carbonyl (C=O) groups is 2. The molecule has 2 N–H and O–H groups in total. The van der Waals surface area contributed by atoms with Crippen molar-refractivity contribution in [3.63, 3.8) is 0 Å². The van der Waals surface area contributed by atoms with Gasteiger partial charge in [-0.1, -0.05) is 25.1 Å². The number of hydrogen-bond acceptors (Lipinski definition) is 6. The summed E-state index contributed by atoms with van der Waals surface area (Å²) in [5.41, 5.74) is 3.40. The van der Waals surface area contributed by atoms with E-state index >= 15 is 0 Å². The predicted octanol–water partition coefficient (Wildman–Crippen LogP) is 3.98. The fraction of sp³-hybridized carbons (Fsp3) is 0.300. The molecular formula is C20H20N2O3S. The Morgan fingerprint density at radius 2 is 1.96 bits per heavy atom. The molecule has 0 unspecified atom stereocenters. The first-order valence-corrected chi connectivity index (χ1v) is 9.49. The van der Waals surface area contributed by atoms with E-state index in [1.807, 2.05) is 48.7 Å². The summed E-state index contributed by atoms with van der Waals surface area (Å²) in [6, 6.07) is 11.6. The lowest BCUT2D eigenvalue weighted by Gasteiger charge is -2.32. The van der Waals surface area contributed by atoms with Crippen molar-refractivity contribution in [1.82, 2.24) is 0 Å². The Morgan fingerprint density at radius 3 is 2.65 bits per heavy atom. The highest BCUT2D eigenvalue weighted by Gasteiger charge is 2.44. The number of methoxy groups -OCH3 is 1. The highest BCUT2D eigenvalue weighted by Crippen LogP contribution is 2.44. The summed E-state index contributed by atoms with van der Waals surface area (Å²) < 4.78 is 4.91. The summed E-state index contributed by atoms with van der Waals surface area (Å²) in [6.07, 6.45) is 0.624. The molecule has 2 aliphatic rings. The number of allylic oxidation sites excluding steroid dienone is 1. The number of hydrogen-bond donors (Lipinski definition) is 2. The van der Waals surface area contributed by atoms with Crippen molar-refractivity contribution in [2.75, 3.05) is 17.7 Å². The monoisotopic (exact) mass is 368 g/mol. The Hall–Kier alpha value is -2.60. The maximum absolute atomic E-state index is 13.3. The van der Waals surface area contributed by atoms with Gasteiger partial charge in [-0.15, -0.1) is 11.3 Å². The standard InChI is InChI=1S/C20H20N2O3S/c1-11-10-14-17(19(23)16(11)20(24)25-2)18(15-8-5-9-26-15)22-13-7-4-3-6-12(13)21-14/h3-9,11,16,18,21-22H,10H2,1-2H3/t11-,16-,18+/m1/s1. The lowest BCUT2D eigenvalue weighted by atomic mass is 9.75. The average molecular weight is 368 g/mol. The minimum absolute atomic E-state index is 0.115. The van der Waals surface area contributed by atoms with Crippen LogP contribution < -0.4 is 10.6 Å². The van der Waals surface area contributed by atoms with Gasteiger partial charge < -0.3 is 15.4 Å². The smallest absolute Gasteiger partial charge is 0.316 e. The number of para-hydroxylation sites is 2. The Balaban J connectivity index is 1.86. The van der Waals surface area contributed by atoms with Gasteiger partial charge in [-0.05, 0) is 35.9 Å². The SMILES string of the molecule is COC(=O)[C@H]1C(=O)C2=C(C[C@H]1C)Nc1ccccc1N[C@H]2c1cccs1. The number of ketones is 1. The van der Waals surface area contributed by atoms with Crippen molar-refractivity contribution in [3.8, 4) is 0 Å². The molecule has 0 amide bonds. The quantitative estimate of drug-likeness (QED) is 0.620. The molecule has 1 aliphatic heterocycles. The van der Waals surface area contributed by atoms with Crippen LogP contribution in [0.2, 0.25) is 0 Å².